The lowest BCUT2D eigenvalue weighted by Crippen LogP contribution is -2.49. The molecule has 2 aliphatic rings. The second kappa shape index (κ2) is 10.2. The van der Waals surface area contributed by atoms with Crippen LogP contribution in [0.3, 0.4) is 0 Å². The fourth-order valence-electron chi connectivity index (χ4n) is 3.70. The molecule has 1 atom stereocenters. The molecule has 2 saturated heterocycles. The lowest BCUT2D eigenvalue weighted by Gasteiger charge is -2.32. The van der Waals surface area contributed by atoms with Gasteiger partial charge in [-0.2, -0.15) is 0 Å². The van der Waals surface area contributed by atoms with Gasteiger partial charge < -0.3 is 14.8 Å². The Hall–Kier alpha value is -1.01. The van der Waals surface area contributed by atoms with Crippen molar-refractivity contribution >= 4 is 12.4 Å². The summed E-state index contributed by atoms with van der Waals surface area (Å²) in [5, 5.41) is 3.44. The fourth-order valence-corrected chi connectivity index (χ4v) is 3.70. The first kappa shape index (κ1) is 20.3. The molecule has 0 amide bonds. The van der Waals surface area contributed by atoms with Crippen LogP contribution < -0.4 is 14.8 Å². The first-order valence-electron chi connectivity index (χ1n) is 9.27. The molecule has 0 aromatic heterocycles. The fraction of sp³-hybridized carbons (Fsp3) is 0.684. The van der Waals surface area contributed by atoms with Gasteiger partial charge in [0.1, 0.15) is 0 Å². The minimum Gasteiger partial charge on any atom is -0.493 e. The van der Waals surface area contributed by atoms with Crippen molar-refractivity contribution < 1.29 is 9.47 Å². The zero-order valence-electron chi connectivity index (χ0n) is 15.5. The van der Waals surface area contributed by atoms with E-state index in [4.69, 9.17) is 9.47 Å². The molecule has 3 rings (SSSR count). The number of nitrogens with one attached hydrogen (secondary N) is 1. The Morgan fingerprint density at radius 1 is 1.16 bits per heavy atom. The molecule has 1 unspecified atom stereocenters. The SMILES string of the molecule is CCCOc1ccc(CN2CCC(N3CCNCC3)C2)cc1OC.Cl. The summed E-state index contributed by atoms with van der Waals surface area (Å²) < 4.78 is 11.3. The van der Waals surface area contributed by atoms with Gasteiger partial charge in [-0.05, 0) is 30.5 Å². The Kier molecular flexibility index (Phi) is 8.30. The van der Waals surface area contributed by atoms with Crippen LogP contribution in [0.15, 0.2) is 18.2 Å². The number of benzene rings is 1. The van der Waals surface area contributed by atoms with E-state index in [0.717, 1.165) is 50.2 Å². The van der Waals surface area contributed by atoms with E-state index in [1.54, 1.807) is 7.11 Å². The molecular weight excluding hydrogens is 338 g/mol. The average Bonchev–Trinajstić information content (AvgIpc) is 3.09. The summed E-state index contributed by atoms with van der Waals surface area (Å²) in [6, 6.07) is 7.07. The maximum absolute atomic E-state index is 5.75. The molecule has 5 nitrogen and oxygen atoms in total. The molecule has 142 valence electrons. The van der Waals surface area contributed by atoms with E-state index >= 15 is 0 Å². The number of hydrogen-bond acceptors (Lipinski definition) is 5. The highest BCUT2D eigenvalue weighted by molar-refractivity contribution is 5.85. The van der Waals surface area contributed by atoms with E-state index in [9.17, 15) is 0 Å². The molecule has 0 aliphatic carbocycles. The number of methoxy groups -OCH3 is 1. The minimum absolute atomic E-state index is 0. The third-order valence-corrected chi connectivity index (χ3v) is 5.01. The second-order valence-corrected chi connectivity index (χ2v) is 6.80. The molecule has 2 aliphatic heterocycles. The standard InChI is InChI=1S/C19H31N3O2.ClH/c1-3-12-24-18-5-4-16(13-19(18)23-2)14-21-9-6-17(15-21)22-10-7-20-8-11-22;/h4-5,13,17,20H,3,6-12,14-15H2,1-2H3;1H. The van der Waals surface area contributed by atoms with Crippen molar-refractivity contribution in [3.05, 3.63) is 23.8 Å². The van der Waals surface area contributed by atoms with E-state index in [0.29, 0.717) is 0 Å². The molecule has 2 fully saturated rings. The van der Waals surface area contributed by atoms with Crippen LogP contribution in [0, 0.1) is 0 Å². The summed E-state index contributed by atoms with van der Waals surface area (Å²) in [6.45, 7) is 10.8. The number of halogens is 1. The van der Waals surface area contributed by atoms with Gasteiger partial charge in [-0.15, -0.1) is 12.4 Å². The summed E-state index contributed by atoms with van der Waals surface area (Å²) in [4.78, 5) is 5.22. The summed E-state index contributed by atoms with van der Waals surface area (Å²) in [5.74, 6) is 1.70. The Morgan fingerprint density at radius 3 is 2.68 bits per heavy atom. The summed E-state index contributed by atoms with van der Waals surface area (Å²) >= 11 is 0. The Labute approximate surface area is 158 Å². The van der Waals surface area contributed by atoms with Crippen molar-refractivity contribution in [2.75, 3.05) is 53.0 Å². The molecule has 25 heavy (non-hydrogen) atoms. The molecule has 0 radical (unpaired) electrons. The Balaban J connectivity index is 0.00000225. The second-order valence-electron chi connectivity index (χ2n) is 6.80. The first-order valence-corrected chi connectivity index (χ1v) is 9.27. The molecule has 0 spiro atoms. The van der Waals surface area contributed by atoms with Gasteiger partial charge >= 0.3 is 0 Å². The number of rotatable bonds is 7. The van der Waals surface area contributed by atoms with Crippen LogP contribution in [0.25, 0.3) is 0 Å². The molecule has 0 saturated carbocycles. The average molecular weight is 370 g/mol. The number of nitrogens with zero attached hydrogens (tertiary/aromatic N) is 2. The highest BCUT2D eigenvalue weighted by Gasteiger charge is 2.28. The van der Waals surface area contributed by atoms with Crippen molar-refractivity contribution in [3.63, 3.8) is 0 Å². The van der Waals surface area contributed by atoms with Gasteiger partial charge in [0, 0.05) is 51.9 Å². The molecule has 1 N–H and O–H groups in total. The normalized spacial score (nSPS) is 21.8. The Morgan fingerprint density at radius 2 is 1.96 bits per heavy atom. The predicted octanol–water partition coefficient (Wildman–Crippen LogP) is 2.39. The molecular formula is C19H32ClN3O2. The van der Waals surface area contributed by atoms with Gasteiger partial charge in [-0.3, -0.25) is 9.80 Å². The molecule has 6 heteroatoms. The van der Waals surface area contributed by atoms with E-state index < -0.39 is 0 Å². The van der Waals surface area contributed by atoms with Crippen LogP contribution >= 0.6 is 12.4 Å². The van der Waals surface area contributed by atoms with Gasteiger partial charge in [-0.1, -0.05) is 13.0 Å². The van der Waals surface area contributed by atoms with Crippen LogP contribution in [-0.4, -0.2) is 68.8 Å². The van der Waals surface area contributed by atoms with Crippen LogP contribution in [0.2, 0.25) is 0 Å². The van der Waals surface area contributed by atoms with Gasteiger partial charge in [0.15, 0.2) is 11.5 Å². The van der Waals surface area contributed by atoms with E-state index in [2.05, 4.69) is 34.2 Å². The van der Waals surface area contributed by atoms with E-state index in [1.165, 1.54) is 38.2 Å². The highest BCUT2D eigenvalue weighted by atomic mass is 35.5. The van der Waals surface area contributed by atoms with Crippen molar-refractivity contribution in [1.29, 1.82) is 0 Å². The zero-order chi connectivity index (χ0) is 16.8. The Bertz CT molecular complexity index is 523. The van der Waals surface area contributed by atoms with Gasteiger partial charge in [0.05, 0.1) is 13.7 Å². The van der Waals surface area contributed by atoms with Gasteiger partial charge in [-0.25, -0.2) is 0 Å². The number of piperazine rings is 1. The van der Waals surface area contributed by atoms with Crippen molar-refractivity contribution in [2.24, 2.45) is 0 Å². The maximum Gasteiger partial charge on any atom is 0.161 e. The van der Waals surface area contributed by atoms with Gasteiger partial charge in [0.2, 0.25) is 0 Å². The largest absolute Gasteiger partial charge is 0.493 e. The predicted molar refractivity (Wildman–Crippen MR) is 104 cm³/mol. The van der Waals surface area contributed by atoms with Crippen LogP contribution in [0.1, 0.15) is 25.3 Å². The summed E-state index contributed by atoms with van der Waals surface area (Å²) in [5.41, 5.74) is 1.30. The molecule has 1 aromatic carbocycles. The van der Waals surface area contributed by atoms with Gasteiger partial charge in [0.25, 0.3) is 0 Å². The molecule has 0 bridgehead atoms. The lowest BCUT2D eigenvalue weighted by molar-refractivity contribution is 0.170. The number of ether oxygens (including phenoxy) is 2. The van der Waals surface area contributed by atoms with Crippen LogP contribution in [0.4, 0.5) is 0 Å². The van der Waals surface area contributed by atoms with E-state index in [-0.39, 0.29) is 12.4 Å². The highest BCUT2D eigenvalue weighted by Crippen LogP contribution is 2.29. The topological polar surface area (TPSA) is 37.0 Å². The van der Waals surface area contributed by atoms with Crippen molar-refractivity contribution in [2.45, 2.75) is 32.4 Å². The van der Waals surface area contributed by atoms with Crippen molar-refractivity contribution in [1.82, 2.24) is 15.1 Å². The number of hydrogen-bond donors (Lipinski definition) is 1. The maximum atomic E-state index is 5.75. The monoisotopic (exact) mass is 369 g/mol. The quantitative estimate of drug-likeness (QED) is 0.798. The number of likely N-dealkylation sites (tertiary alicyclic amines) is 1. The summed E-state index contributed by atoms with van der Waals surface area (Å²) in [7, 11) is 1.72. The lowest BCUT2D eigenvalue weighted by atomic mass is 10.2. The third kappa shape index (κ3) is 5.48. The van der Waals surface area contributed by atoms with Crippen LogP contribution in [0.5, 0.6) is 11.5 Å². The molecule has 1 aromatic rings. The minimum atomic E-state index is 0. The van der Waals surface area contributed by atoms with Crippen LogP contribution in [-0.2, 0) is 6.54 Å². The first-order chi connectivity index (χ1) is 11.8. The zero-order valence-corrected chi connectivity index (χ0v) is 16.3. The molecule has 2 heterocycles. The van der Waals surface area contributed by atoms with E-state index in [1.807, 2.05) is 6.07 Å². The third-order valence-electron chi connectivity index (χ3n) is 5.01. The smallest absolute Gasteiger partial charge is 0.161 e. The summed E-state index contributed by atoms with van der Waals surface area (Å²) in [6.07, 6.45) is 2.29. The van der Waals surface area contributed by atoms with Crippen molar-refractivity contribution in [3.8, 4) is 11.5 Å².